The van der Waals surface area contributed by atoms with Gasteiger partial charge in [-0.05, 0) is 0 Å². The smallest absolute Gasteiger partial charge is 0.167 e. The second-order valence-corrected chi connectivity index (χ2v) is 6.68. The summed E-state index contributed by atoms with van der Waals surface area (Å²) in [4.78, 5) is 12.4. The zero-order valence-corrected chi connectivity index (χ0v) is 14.5. The lowest BCUT2D eigenvalue weighted by atomic mass is 10.1. The molecule has 2 aliphatic rings. The minimum Gasteiger partial charge on any atom is -0.394 e. The second-order valence-electron chi connectivity index (χ2n) is 6.68. The summed E-state index contributed by atoms with van der Waals surface area (Å²) in [7, 11) is 0. The first-order valence-corrected chi connectivity index (χ1v) is 8.65. The average molecular weight is 399 g/mol. The number of hydrogen-bond acceptors (Lipinski definition) is 12. The number of nitrogens with zero attached hydrogens (tertiary/aromatic N) is 4. The third kappa shape index (κ3) is 3.01. The van der Waals surface area contributed by atoms with E-state index in [0.29, 0.717) is 0 Å². The fraction of sp³-hybridized carbons (Fsp3) is 0.667. The van der Waals surface area contributed by atoms with Crippen molar-refractivity contribution in [2.45, 2.75) is 49.1 Å². The summed E-state index contributed by atoms with van der Waals surface area (Å²) in [6, 6.07) is 0. The second kappa shape index (κ2) is 7.46. The first-order valence-electron chi connectivity index (χ1n) is 8.65. The van der Waals surface area contributed by atoms with E-state index >= 15 is 0 Å². The van der Waals surface area contributed by atoms with Crippen LogP contribution in [0.4, 0.5) is 5.82 Å². The summed E-state index contributed by atoms with van der Waals surface area (Å²) in [6.07, 6.45) is -6.54. The van der Waals surface area contributed by atoms with Gasteiger partial charge in [0.05, 0.1) is 19.5 Å². The Balaban J connectivity index is 1.61. The number of imidazole rings is 1. The van der Waals surface area contributed by atoms with Crippen molar-refractivity contribution in [1.29, 1.82) is 0 Å². The first-order chi connectivity index (χ1) is 13.5. The lowest BCUT2D eigenvalue weighted by Gasteiger charge is -2.18. The quantitative estimate of drug-likeness (QED) is 0.260. The van der Waals surface area contributed by atoms with E-state index in [9.17, 15) is 30.6 Å². The highest BCUT2D eigenvalue weighted by atomic mass is 16.6. The van der Waals surface area contributed by atoms with Crippen LogP contribution in [0.1, 0.15) is 6.23 Å². The fourth-order valence-electron chi connectivity index (χ4n) is 3.41. The van der Waals surface area contributed by atoms with Crippen LogP contribution in [-0.4, -0.2) is 106 Å². The minimum absolute atomic E-state index is 0.185. The third-order valence-electron chi connectivity index (χ3n) is 4.97. The van der Waals surface area contributed by atoms with E-state index in [0.717, 1.165) is 0 Å². The molecule has 0 bridgehead atoms. The molecular formula is C15H21N5O8. The van der Waals surface area contributed by atoms with Gasteiger partial charge in [0.15, 0.2) is 29.4 Å². The van der Waals surface area contributed by atoms with Crippen molar-refractivity contribution >= 4 is 17.0 Å². The molecule has 8 atom stereocenters. The highest BCUT2D eigenvalue weighted by Gasteiger charge is 2.45. The molecule has 4 rings (SSSR count). The number of ether oxygens (including phenoxy) is 2. The van der Waals surface area contributed by atoms with Crippen molar-refractivity contribution in [2.24, 2.45) is 0 Å². The van der Waals surface area contributed by atoms with Crippen LogP contribution in [-0.2, 0) is 9.47 Å². The molecule has 8 unspecified atom stereocenters. The van der Waals surface area contributed by atoms with Crippen molar-refractivity contribution in [2.75, 3.05) is 18.5 Å². The van der Waals surface area contributed by atoms with Gasteiger partial charge in [0.1, 0.15) is 43.0 Å². The molecule has 2 aromatic heterocycles. The van der Waals surface area contributed by atoms with Gasteiger partial charge in [-0.1, -0.05) is 0 Å². The van der Waals surface area contributed by atoms with Crippen LogP contribution >= 0.6 is 0 Å². The number of nitrogens with one attached hydrogen (secondary N) is 1. The number of aromatic nitrogens is 4. The van der Waals surface area contributed by atoms with Crippen molar-refractivity contribution in [3.8, 4) is 0 Å². The summed E-state index contributed by atoms with van der Waals surface area (Å²) in [5.41, 5.74) is 0.525. The van der Waals surface area contributed by atoms with E-state index in [1.165, 1.54) is 17.2 Å². The van der Waals surface area contributed by atoms with E-state index in [2.05, 4.69) is 20.3 Å². The monoisotopic (exact) mass is 399 g/mol. The maximum Gasteiger partial charge on any atom is 0.167 e. The molecule has 0 spiro atoms. The predicted octanol–water partition coefficient (Wildman–Crippen LogP) is -3.71. The van der Waals surface area contributed by atoms with E-state index < -0.39 is 62.3 Å². The number of aliphatic hydroxyl groups excluding tert-OH is 6. The number of rotatable bonds is 5. The topological polar surface area (TPSA) is 195 Å². The van der Waals surface area contributed by atoms with Crippen LogP contribution in [0.25, 0.3) is 11.2 Å². The molecule has 2 aliphatic heterocycles. The van der Waals surface area contributed by atoms with Crippen LogP contribution in [0, 0.1) is 0 Å². The van der Waals surface area contributed by atoms with Crippen LogP contribution in [0.2, 0.25) is 0 Å². The van der Waals surface area contributed by atoms with Gasteiger partial charge in [-0.3, -0.25) is 4.57 Å². The van der Waals surface area contributed by atoms with Crippen LogP contribution in [0.15, 0.2) is 12.7 Å². The van der Waals surface area contributed by atoms with E-state index in [-0.39, 0.29) is 17.0 Å². The predicted molar refractivity (Wildman–Crippen MR) is 89.7 cm³/mol. The fourth-order valence-corrected chi connectivity index (χ4v) is 3.41. The molecule has 2 saturated heterocycles. The van der Waals surface area contributed by atoms with Crippen LogP contribution in [0.5, 0.6) is 0 Å². The third-order valence-corrected chi connectivity index (χ3v) is 4.97. The molecule has 0 aromatic carbocycles. The molecule has 28 heavy (non-hydrogen) atoms. The Bertz CT molecular complexity index is 836. The molecule has 4 heterocycles. The molecular weight excluding hydrogens is 378 g/mol. The van der Waals surface area contributed by atoms with Crippen molar-refractivity contribution in [1.82, 2.24) is 19.5 Å². The molecule has 7 N–H and O–H groups in total. The number of aliphatic hydroxyl groups is 6. The van der Waals surface area contributed by atoms with Gasteiger partial charge in [0, 0.05) is 0 Å². The zero-order valence-electron chi connectivity index (χ0n) is 14.5. The summed E-state index contributed by atoms with van der Waals surface area (Å²) in [6.45, 7) is -0.927. The normalized spacial score (nSPS) is 38.4. The standard InChI is InChI=1S/C15H21N5O8/c21-1-5-8(23)10(25)14(27-5)19-12-7-13(17-3-16-12)20(4-18-7)15-11(26)9(24)6(2-22)28-15/h3-6,8-11,14-15,21-26H,1-2H2,(H,16,17,19). The summed E-state index contributed by atoms with van der Waals surface area (Å²) in [5, 5.41) is 61.3. The largest absolute Gasteiger partial charge is 0.394 e. The van der Waals surface area contributed by atoms with Crippen molar-refractivity contribution in [3.63, 3.8) is 0 Å². The maximum absolute atomic E-state index is 10.2. The highest BCUT2D eigenvalue weighted by Crippen LogP contribution is 2.32. The van der Waals surface area contributed by atoms with Gasteiger partial charge in [-0.2, -0.15) is 0 Å². The van der Waals surface area contributed by atoms with E-state index in [1.807, 2.05) is 0 Å². The Labute approximate surface area is 157 Å². The van der Waals surface area contributed by atoms with E-state index in [4.69, 9.17) is 9.47 Å². The molecule has 0 radical (unpaired) electrons. The summed E-state index contributed by atoms with van der Waals surface area (Å²) in [5.74, 6) is 0.185. The summed E-state index contributed by atoms with van der Waals surface area (Å²) >= 11 is 0. The minimum atomic E-state index is -1.30. The zero-order chi connectivity index (χ0) is 20.0. The Morgan fingerprint density at radius 2 is 1.57 bits per heavy atom. The maximum atomic E-state index is 10.2. The molecule has 13 heteroatoms. The molecule has 154 valence electrons. The Morgan fingerprint density at radius 1 is 0.893 bits per heavy atom. The van der Waals surface area contributed by atoms with Gasteiger partial charge < -0.3 is 45.4 Å². The van der Waals surface area contributed by atoms with Gasteiger partial charge in [0.25, 0.3) is 0 Å². The molecule has 13 nitrogen and oxygen atoms in total. The van der Waals surface area contributed by atoms with Gasteiger partial charge in [0.2, 0.25) is 0 Å². The number of hydrogen-bond donors (Lipinski definition) is 7. The average Bonchev–Trinajstić information content (AvgIpc) is 3.33. The summed E-state index contributed by atoms with van der Waals surface area (Å²) < 4.78 is 12.3. The van der Waals surface area contributed by atoms with Gasteiger partial charge >= 0.3 is 0 Å². The van der Waals surface area contributed by atoms with Crippen LogP contribution in [0.3, 0.4) is 0 Å². The Hall–Kier alpha value is -1.97. The molecule has 0 saturated carbocycles. The Morgan fingerprint density at radius 3 is 2.21 bits per heavy atom. The van der Waals surface area contributed by atoms with Crippen LogP contribution < -0.4 is 5.32 Å². The van der Waals surface area contributed by atoms with Gasteiger partial charge in [-0.25, -0.2) is 15.0 Å². The first kappa shape index (κ1) is 19.4. The lowest BCUT2D eigenvalue weighted by molar-refractivity contribution is -0.0511. The number of anilines is 1. The number of fused-ring (bicyclic) bond motifs is 1. The molecule has 2 fully saturated rings. The van der Waals surface area contributed by atoms with Crippen molar-refractivity contribution < 1.29 is 40.1 Å². The van der Waals surface area contributed by atoms with E-state index in [1.54, 1.807) is 0 Å². The van der Waals surface area contributed by atoms with Crippen molar-refractivity contribution in [3.05, 3.63) is 12.7 Å². The molecule has 0 aliphatic carbocycles. The Kier molecular flexibility index (Phi) is 5.15. The SMILES string of the molecule is OCC1OC(Nc2ncnc3c2ncn3C2OC(CO)C(O)C2O)C(O)C1O. The highest BCUT2D eigenvalue weighted by molar-refractivity contribution is 5.82. The molecule has 0 amide bonds. The van der Waals surface area contributed by atoms with Gasteiger partial charge in [-0.15, -0.1) is 0 Å². The molecule has 2 aromatic rings. The lowest BCUT2D eigenvalue weighted by Crippen LogP contribution is -2.36.